The van der Waals surface area contributed by atoms with Crippen molar-refractivity contribution in [2.24, 2.45) is 5.41 Å². The molecule has 180 valence electrons. The molecule has 0 unspecified atom stereocenters. The highest BCUT2D eigenvalue weighted by molar-refractivity contribution is 5.94. The van der Waals surface area contributed by atoms with E-state index in [-0.39, 0.29) is 36.4 Å². The van der Waals surface area contributed by atoms with Crippen LogP contribution in [0.3, 0.4) is 0 Å². The standard InChI is InChI=1S/C23H29N7O4/c1-15-19(13-34-21(15)32)29-9-8-23(22(29)33)6-4-18(5-7-23)24-11-17(12-31)16-2-3-20(25-10-16)30-14-26-27-28-30/h2-3,10,14,17-18,24,31H,4-9,11-13H2,1H3/t17-,18?,23?/m0/s1. The summed E-state index contributed by atoms with van der Waals surface area (Å²) in [6.45, 7) is 3.23. The number of ether oxygens (including phenoxy) is 1. The van der Waals surface area contributed by atoms with Gasteiger partial charge in [-0.1, -0.05) is 6.07 Å². The summed E-state index contributed by atoms with van der Waals surface area (Å²) in [5.41, 5.74) is 1.90. The van der Waals surface area contributed by atoms with Crippen LogP contribution < -0.4 is 5.32 Å². The summed E-state index contributed by atoms with van der Waals surface area (Å²) in [7, 11) is 0. The SMILES string of the molecule is CC1=C(N2CCC3(CCC(NC[C@@H](CO)c4ccc(-n5cnnn5)nc4)CC3)C2=O)COC1=O. The summed E-state index contributed by atoms with van der Waals surface area (Å²) in [5, 5.41) is 24.6. The molecule has 1 atom stereocenters. The summed E-state index contributed by atoms with van der Waals surface area (Å²) in [6.07, 6.45) is 7.51. The average molecular weight is 468 g/mol. The molecular formula is C23H29N7O4. The smallest absolute Gasteiger partial charge is 0.336 e. The van der Waals surface area contributed by atoms with Crippen molar-refractivity contribution in [1.29, 1.82) is 0 Å². The number of aliphatic hydroxyl groups is 1. The van der Waals surface area contributed by atoms with Gasteiger partial charge in [0.15, 0.2) is 5.82 Å². The number of rotatable bonds is 7. The largest absolute Gasteiger partial charge is 0.456 e. The summed E-state index contributed by atoms with van der Waals surface area (Å²) in [4.78, 5) is 31.2. The number of pyridine rings is 1. The number of nitrogens with zero attached hydrogens (tertiary/aromatic N) is 6. The van der Waals surface area contributed by atoms with Gasteiger partial charge in [0, 0.05) is 31.2 Å². The molecular weight excluding hydrogens is 438 g/mol. The zero-order valence-corrected chi connectivity index (χ0v) is 19.2. The van der Waals surface area contributed by atoms with Crippen molar-refractivity contribution < 1.29 is 19.4 Å². The molecule has 4 heterocycles. The van der Waals surface area contributed by atoms with E-state index in [9.17, 15) is 14.7 Å². The molecule has 1 saturated carbocycles. The molecule has 0 radical (unpaired) electrons. The number of cyclic esters (lactones) is 1. The molecule has 2 N–H and O–H groups in total. The minimum atomic E-state index is -0.330. The molecule has 11 heteroatoms. The maximum absolute atomic E-state index is 13.3. The summed E-state index contributed by atoms with van der Waals surface area (Å²) < 4.78 is 6.59. The number of aromatic nitrogens is 5. The maximum Gasteiger partial charge on any atom is 0.336 e. The van der Waals surface area contributed by atoms with Gasteiger partial charge in [0.05, 0.1) is 23.3 Å². The second-order valence-electron chi connectivity index (χ2n) is 9.40. The first kappa shape index (κ1) is 22.6. The number of hydrogen-bond acceptors (Lipinski definition) is 9. The van der Waals surface area contributed by atoms with E-state index in [2.05, 4.69) is 25.8 Å². The van der Waals surface area contributed by atoms with E-state index < -0.39 is 0 Å². The first-order chi connectivity index (χ1) is 16.5. The fourth-order valence-corrected chi connectivity index (χ4v) is 5.30. The predicted molar refractivity (Wildman–Crippen MR) is 119 cm³/mol. The summed E-state index contributed by atoms with van der Waals surface area (Å²) in [5.74, 6) is 0.353. The van der Waals surface area contributed by atoms with Gasteiger partial charge < -0.3 is 20.1 Å². The lowest BCUT2D eigenvalue weighted by Crippen LogP contribution is -2.43. The van der Waals surface area contributed by atoms with Crippen molar-refractivity contribution in [1.82, 2.24) is 35.4 Å². The van der Waals surface area contributed by atoms with Gasteiger partial charge in [-0.05, 0) is 61.1 Å². The van der Waals surface area contributed by atoms with Crippen LogP contribution in [-0.2, 0) is 14.3 Å². The molecule has 1 aliphatic carbocycles. The molecule has 2 aliphatic heterocycles. The van der Waals surface area contributed by atoms with Crippen LogP contribution in [0.4, 0.5) is 0 Å². The molecule has 34 heavy (non-hydrogen) atoms. The molecule has 0 bridgehead atoms. The van der Waals surface area contributed by atoms with Gasteiger partial charge >= 0.3 is 5.97 Å². The minimum Gasteiger partial charge on any atom is -0.456 e. The van der Waals surface area contributed by atoms with E-state index in [0.29, 0.717) is 30.5 Å². The summed E-state index contributed by atoms with van der Waals surface area (Å²) in [6, 6.07) is 4.06. The number of nitrogens with one attached hydrogen (secondary N) is 1. The lowest BCUT2D eigenvalue weighted by molar-refractivity contribution is -0.138. The van der Waals surface area contributed by atoms with Crippen LogP contribution in [0.1, 0.15) is 50.5 Å². The van der Waals surface area contributed by atoms with Crippen LogP contribution in [-0.4, -0.2) is 79.4 Å². The van der Waals surface area contributed by atoms with E-state index in [1.165, 1.54) is 11.0 Å². The number of tetrazole rings is 1. The maximum atomic E-state index is 13.3. The summed E-state index contributed by atoms with van der Waals surface area (Å²) >= 11 is 0. The predicted octanol–water partition coefficient (Wildman–Crippen LogP) is 0.715. The zero-order valence-electron chi connectivity index (χ0n) is 19.2. The Bertz CT molecular complexity index is 1080. The Morgan fingerprint density at radius 3 is 2.71 bits per heavy atom. The fraction of sp³-hybridized carbons (Fsp3) is 0.565. The molecule has 0 aromatic carbocycles. The number of hydrogen-bond donors (Lipinski definition) is 2. The van der Waals surface area contributed by atoms with Crippen molar-refractivity contribution in [3.63, 3.8) is 0 Å². The van der Waals surface area contributed by atoms with Gasteiger partial charge in [-0.25, -0.2) is 9.78 Å². The van der Waals surface area contributed by atoms with E-state index in [1.807, 2.05) is 12.1 Å². The second-order valence-corrected chi connectivity index (χ2v) is 9.40. The van der Waals surface area contributed by atoms with Crippen LogP contribution in [0.5, 0.6) is 0 Å². The molecule has 5 rings (SSSR count). The lowest BCUT2D eigenvalue weighted by atomic mass is 9.71. The number of carbonyl (C=O) groups is 2. The van der Waals surface area contributed by atoms with Crippen LogP contribution in [0.2, 0.25) is 0 Å². The molecule has 3 aliphatic rings. The van der Waals surface area contributed by atoms with Crippen LogP contribution in [0.15, 0.2) is 35.9 Å². The Hall–Kier alpha value is -3.18. The van der Waals surface area contributed by atoms with Crippen LogP contribution in [0.25, 0.3) is 5.82 Å². The average Bonchev–Trinajstić information content (AvgIpc) is 3.58. The van der Waals surface area contributed by atoms with Gasteiger partial charge in [-0.2, -0.15) is 4.68 Å². The Morgan fingerprint density at radius 2 is 2.09 bits per heavy atom. The lowest BCUT2D eigenvalue weighted by Gasteiger charge is -2.36. The van der Waals surface area contributed by atoms with Crippen molar-refractivity contribution in [2.75, 3.05) is 26.3 Å². The van der Waals surface area contributed by atoms with E-state index >= 15 is 0 Å². The van der Waals surface area contributed by atoms with Crippen molar-refractivity contribution in [3.05, 3.63) is 41.5 Å². The zero-order chi connectivity index (χ0) is 23.7. The monoisotopic (exact) mass is 467 g/mol. The normalized spacial score (nSPS) is 25.9. The Balaban J connectivity index is 1.15. The third kappa shape index (κ3) is 4.09. The van der Waals surface area contributed by atoms with Gasteiger partial charge in [-0.15, -0.1) is 5.10 Å². The fourth-order valence-electron chi connectivity index (χ4n) is 5.30. The van der Waals surface area contributed by atoms with Crippen molar-refractivity contribution in [2.45, 2.75) is 51.0 Å². The Labute approximate surface area is 197 Å². The molecule has 1 spiro atoms. The number of carbonyl (C=O) groups excluding carboxylic acids is 2. The highest BCUT2D eigenvalue weighted by Crippen LogP contribution is 2.46. The number of amides is 1. The number of aliphatic hydroxyl groups excluding tert-OH is 1. The number of esters is 1. The van der Waals surface area contributed by atoms with Gasteiger partial charge in [0.2, 0.25) is 5.91 Å². The molecule has 1 saturated heterocycles. The van der Waals surface area contributed by atoms with Crippen molar-refractivity contribution >= 4 is 11.9 Å². The Kier molecular flexibility index (Phi) is 6.13. The minimum absolute atomic E-state index is 0.0122. The molecule has 2 fully saturated rings. The van der Waals surface area contributed by atoms with Crippen molar-refractivity contribution in [3.8, 4) is 5.82 Å². The van der Waals surface area contributed by atoms with Gasteiger partial charge in [0.1, 0.15) is 12.9 Å². The molecule has 11 nitrogen and oxygen atoms in total. The van der Waals surface area contributed by atoms with E-state index in [1.54, 1.807) is 18.0 Å². The Morgan fingerprint density at radius 1 is 1.26 bits per heavy atom. The first-order valence-electron chi connectivity index (χ1n) is 11.7. The van der Waals surface area contributed by atoms with E-state index in [4.69, 9.17) is 4.74 Å². The van der Waals surface area contributed by atoms with Crippen LogP contribution >= 0.6 is 0 Å². The second kappa shape index (κ2) is 9.22. The first-order valence-corrected chi connectivity index (χ1v) is 11.7. The van der Waals surface area contributed by atoms with E-state index in [0.717, 1.165) is 43.4 Å². The highest BCUT2D eigenvalue weighted by Gasteiger charge is 2.50. The quantitative estimate of drug-likeness (QED) is 0.565. The van der Waals surface area contributed by atoms with Gasteiger partial charge in [-0.3, -0.25) is 4.79 Å². The third-order valence-electron chi connectivity index (χ3n) is 7.56. The molecule has 2 aromatic rings. The highest BCUT2D eigenvalue weighted by atomic mass is 16.5. The van der Waals surface area contributed by atoms with Gasteiger partial charge in [0.25, 0.3) is 0 Å². The number of likely N-dealkylation sites (tertiary alicyclic amines) is 1. The molecule has 2 aromatic heterocycles. The third-order valence-corrected chi connectivity index (χ3v) is 7.56. The topological polar surface area (TPSA) is 135 Å². The molecule has 1 amide bonds. The van der Waals surface area contributed by atoms with Crippen LogP contribution in [0, 0.1) is 5.41 Å².